The summed E-state index contributed by atoms with van der Waals surface area (Å²) in [7, 11) is -3.24. The van der Waals surface area contributed by atoms with Crippen molar-refractivity contribution < 1.29 is 22.0 Å². The van der Waals surface area contributed by atoms with Crippen LogP contribution >= 0.6 is 0 Å². The summed E-state index contributed by atoms with van der Waals surface area (Å²) in [5.74, 6) is -0.981. The van der Waals surface area contributed by atoms with Gasteiger partial charge in [0.15, 0.2) is 5.82 Å². The predicted molar refractivity (Wildman–Crippen MR) is 176 cm³/mol. The van der Waals surface area contributed by atoms with E-state index in [4.69, 9.17) is 4.98 Å². The molecule has 2 aromatic carbocycles. The van der Waals surface area contributed by atoms with E-state index in [9.17, 15) is 17.6 Å². The first kappa shape index (κ1) is 30.6. The minimum Gasteiger partial charge on any atom is -0.336 e. The molecule has 0 unspecified atom stereocenters. The van der Waals surface area contributed by atoms with E-state index >= 15 is 4.39 Å². The van der Waals surface area contributed by atoms with Gasteiger partial charge in [-0.05, 0) is 67.3 Å². The summed E-state index contributed by atoms with van der Waals surface area (Å²) < 4.78 is 54.4. The Kier molecular flexibility index (Phi) is 8.00. The van der Waals surface area contributed by atoms with E-state index < -0.39 is 21.5 Å². The van der Waals surface area contributed by atoms with Gasteiger partial charge in [-0.3, -0.25) is 19.9 Å². The number of fused-ring (bicyclic) bond motifs is 2. The Morgan fingerprint density at radius 3 is 2.62 bits per heavy atom. The lowest BCUT2D eigenvalue weighted by Gasteiger charge is -2.20. The molecule has 0 spiro atoms. The third-order valence-corrected chi connectivity index (χ3v) is 9.52. The van der Waals surface area contributed by atoms with Gasteiger partial charge in [-0.2, -0.15) is 5.10 Å². The van der Waals surface area contributed by atoms with Gasteiger partial charge in [0, 0.05) is 41.3 Å². The zero-order chi connectivity index (χ0) is 32.7. The van der Waals surface area contributed by atoms with E-state index in [-0.39, 0.29) is 46.5 Å². The molecule has 240 valence electrons. The Labute approximate surface area is 269 Å². The molecule has 1 aliphatic carbocycles. The van der Waals surface area contributed by atoms with Gasteiger partial charge in [0.25, 0.3) is 0 Å². The maximum absolute atomic E-state index is 16.4. The Morgan fingerprint density at radius 1 is 0.979 bits per heavy atom. The summed E-state index contributed by atoms with van der Waals surface area (Å²) in [4.78, 5) is 29.4. The van der Waals surface area contributed by atoms with Crippen molar-refractivity contribution in [3.8, 4) is 33.9 Å². The van der Waals surface area contributed by atoms with Crippen LogP contribution in [0.1, 0.15) is 37.7 Å². The Morgan fingerprint density at radius 2 is 1.81 bits per heavy atom. The molecule has 10 nitrogen and oxygen atoms in total. The van der Waals surface area contributed by atoms with Crippen molar-refractivity contribution in [3.05, 3.63) is 78.3 Å². The van der Waals surface area contributed by atoms with Crippen LogP contribution in [0.2, 0.25) is 0 Å². The second-order valence-electron chi connectivity index (χ2n) is 12.1. The number of pyridine rings is 2. The molecule has 1 saturated carbocycles. The van der Waals surface area contributed by atoms with Crippen LogP contribution in [0.4, 0.5) is 14.5 Å². The van der Waals surface area contributed by atoms with E-state index in [1.807, 2.05) is 0 Å². The van der Waals surface area contributed by atoms with Gasteiger partial charge in [-0.25, -0.2) is 22.2 Å². The summed E-state index contributed by atoms with van der Waals surface area (Å²) in [6, 6.07) is 11.1. The lowest BCUT2D eigenvalue weighted by atomic mass is 9.88. The molecule has 4 heterocycles. The molecule has 4 aromatic heterocycles. The summed E-state index contributed by atoms with van der Waals surface area (Å²) in [6.45, 7) is 0. The van der Waals surface area contributed by atoms with Crippen LogP contribution in [-0.2, 0) is 21.1 Å². The zero-order valence-electron chi connectivity index (χ0n) is 25.5. The fourth-order valence-corrected chi connectivity index (χ4v) is 6.83. The molecule has 0 aliphatic heterocycles. The first-order valence-corrected chi connectivity index (χ1v) is 17.4. The van der Waals surface area contributed by atoms with Gasteiger partial charge in [0.05, 0.1) is 39.8 Å². The molecule has 0 atom stereocenters. The summed E-state index contributed by atoms with van der Waals surface area (Å²) in [5, 5.41) is 10.4. The number of carbonyl (C=O) groups is 1. The second-order valence-corrected chi connectivity index (χ2v) is 14.3. The molecule has 0 saturated heterocycles. The number of hydrogen-bond acceptors (Lipinski definition) is 7. The highest BCUT2D eigenvalue weighted by Gasteiger charge is 2.23. The molecule has 3 N–H and O–H groups in total. The van der Waals surface area contributed by atoms with Crippen LogP contribution in [0, 0.1) is 17.6 Å². The van der Waals surface area contributed by atoms with Gasteiger partial charge in [0.1, 0.15) is 32.7 Å². The highest BCUT2D eigenvalue weighted by molar-refractivity contribution is 7.90. The number of nitrogens with one attached hydrogen (secondary N) is 3. The maximum Gasteiger partial charge on any atom is 0.227 e. The summed E-state index contributed by atoms with van der Waals surface area (Å²) in [5.41, 5.74) is 4.28. The average Bonchev–Trinajstić information content (AvgIpc) is 3.69. The van der Waals surface area contributed by atoms with Crippen molar-refractivity contribution in [1.29, 1.82) is 0 Å². The molecule has 13 heteroatoms. The summed E-state index contributed by atoms with van der Waals surface area (Å²) >= 11 is 0. The molecule has 47 heavy (non-hydrogen) atoms. The van der Waals surface area contributed by atoms with Gasteiger partial charge in [0.2, 0.25) is 5.91 Å². The highest BCUT2D eigenvalue weighted by Crippen LogP contribution is 2.36. The van der Waals surface area contributed by atoms with Crippen molar-refractivity contribution in [2.45, 2.75) is 38.5 Å². The Hall–Kier alpha value is -5.04. The molecule has 6 aromatic rings. The first-order valence-electron chi connectivity index (χ1n) is 15.4. The van der Waals surface area contributed by atoms with Gasteiger partial charge in [-0.15, -0.1) is 0 Å². The van der Waals surface area contributed by atoms with Crippen LogP contribution < -0.4 is 5.32 Å². The number of amides is 1. The third-order valence-electron chi connectivity index (χ3n) is 8.58. The smallest absolute Gasteiger partial charge is 0.227 e. The van der Waals surface area contributed by atoms with Crippen molar-refractivity contribution in [2.24, 2.45) is 5.92 Å². The number of aromatic nitrogens is 6. The van der Waals surface area contributed by atoms with Crippen LogP contribution in [0.5, 0.6) is 0 Å². The number of aromatic amines is 2. The van der Waals surface area contributed by atoms with Gasteiger partial charge >= 0.3 is 0 Å². The lowest BCUT2D eigenvalue weighted by Crippen LogP contribution is -2.24. The van der Waals surface area contributed by atoms with Crippen molar-refractivity contribution in [2.75, 3.05) is 17.3 Å². The van der Waals surface area contributed by atoms with Gasteiger partial charge < -0.3 is 10.3 Å². The number of imidazole rings is 1. The van der Waals surface area contributed by atoms with Crippen LogP contribution in [0.25, 0.3) is 55.8 Å². The topological polar surface area (TPSA) is 146 Å². The number of nitrogens with zero attached hydrogens (tertiary/aromatic N) is 4. The highest BCUT2D eigenvalue weighted by atomic mass is 32.2. The number of sulfone groups is 1. The van der Waals surface area contributed by atoms with Crippen molar-refractivity contribution >= 4 is 43.4 Å². The van der Waals surface area contributed by atoms with Crippen LogP contribution in [-0.4, -0.2) is 56.5 Å². The number of benzene rings is 2. The van der Waals surface area contributed by atoms with E-state index in [1.54, 1.807) is 48.9 Å². The Bertz CT molecular complexity index is 2260. The van der Waals surface area contributed by atoms with Crippen molar-refractivity contribution in [3.63, 3.8) is 0 Å². The van der Waals surface area contributed by atoms with E-state index in [2.05, 4.69) is 30.5 Å². The zero-order valence-corrected chi connectivity index (χ0v) is 26.3. The number of rotatable bonds is 8. The Balaban J connectivity index is 1.24. The molecule has 0 bridgehead atoms. The van der Waals surface area contributed by atoms with E-state index in [0.717, 1.165) is 38.4 Å². The molecular weight excluding hydrogens is 624 g/mol. The maximum atomic E-state index is 16.4. The van der Waals surface area contributed by atoms with E-state index in [1.165, 1.54) is 12.1 Å². The third kappa shape index (κ3) is 6.35. The normalized spacial score (nSPS) is 14.2. The number of anilines is 1. The molecular formula is C34H31F2N7O3S. The number of aryl methyl sites for hydroxylation is 1. The number of halogens is 2. The molecule has 1 fully saturated rings. The number of hydrogen-bond donors (Lipinski definition) is 3. The number of H-pyrrole nitrogens is 2. The standard InChI is InChI=1S/C34H31F2N7O3S/c1-47(45,46)12-10-19-13-21(15-23(35)14-19)30-31-27(9-11-38-30)40-33(41-31)32-28-26(42-43-32)8-7-25(29(28)36)22-16-24(18-37-17-22)39-34(44)20-5-3-2-4-6-20/h7-9,11,13-18,20H,2-6,10,12H2,1H3,(H,39,44)(H,40,41)(H,42,43). The largest absolute Gasteiger partial charge is 0.336 e. The van der Waals surface area contributed by atoms with Crippen LogP contribution in [0.15, 0.2) is 61.1 Å². The molecule has 0 radical (unpaired) electrons. The quantitative estimate of drug-likeness (QED) is 0.167. The van der Waals surface area contributed by atoms with Crippen LogP contribution in [0.3, 0.4) is 0 Å². The monoisotopic (exact) mass is 655 g/mol. The second kappa shape index (κ2) is 12.3. The fourth-order valence-electron chi connectivity index (χ4n) is 6.23. The minimum atomic E-state index is -3.24. The minimum absolute atomic E-state index is 0.0312. The number of carbonyl (C=O) groups excluding carboxylic acids is 1. The van der Waals surface area contributed by atoms with Gasteiger partial charge in [-0.1, -0.05) is 19.3 Å². The molecule has 7 rings (SSSR count). The molecule has 1 aliphatic rings. The van der Waals surface area contributed by atoms with E-state index in [0.29, 0.717) is 44.6 Å². The first-order chi connectivity index (χ1) is 22.6. The lowest BCUT2D eigenvalue weighted by molar-refractivity contribution is -0.120. The summed E-state index contributed by atoms with van der Waals surface area (Å²) in [6.07, 6.45) is 10.9. The predicted octanol–water partition coefficient (Wildman–Crippen LogP) is 6.61. The average molecular weight is 656 g/mol. The van der Waals surface area contributed by atoms with Crippen molar-refractivity contribution in [1.82, 2.24) is 30.1 Å². The SMILES string of the molecule is CS(=O)(=O)CCc1cc(F)cc(-c2nccc3[nH]c(-c4n[nH]c5ccc(-c6cncc(NC(=O)C7CCCCC7)c6)c(F)c45)nc23)c1. The fraction of sp³-hybridized carbons (Fsp3) is 0.265. The molecule has 1 amide bonds.